The minimum Gasteiger partial charge on any atom is -0.456 e. The molecule has 216 valence electrons. The first kappa shape index (κ1) is 26.3. The van der Waals surface area contributed by atoms with Gasteiger partial charge in [0.05, 0.1) is 5.69 Å². The average Bonchev–Trinajstić information content (AvgIpc) is 3.50. The van der Waals surface area contributed by atoms with Crippen molar-refractivity contribution in [2.45, 2.75) is 0 Å². The zero-order valence-electron chi connectivity index (χ0n) is 25.1. The Morgan fingerprint density at radius 3 is 1.72 bits per heavy atom. The van der Waals surface area contributed by atoms with Crippen molar-refractivity contribution in [3.8, 4) is 22.3 Å². The molecule has 1 heterocycles. The third kappa shape index (κ3) is 4.43. The first-order valence-corrected chi connectivity index (χ1v) is 15.7. The molecule has 9 rings (SSSR count). The number of fused-ring (bicyclic) bond motifs is 6. The molecule has 0 radical (unpaired) electrons. The molecule has 0 aliphatic heterocycles. The van der Waals surface area contributed by atoms with Gasteiger partial charge in [0.1, 0.15) is 11.2 Å². The van der Waals surface area contributed by atoms with Crippen LogP contribution in [0.1, 0.15) is 0 Å². The SMILES string of the molecule is c1ccc(-c2cccc(-c3ccc(N(c4ccccc4)c4cc5ccccc5c5cc6c(cc45)oc4ccccc46)cc3)c2)cc1. The van der Waals surface area contributed by atoms with Crippen LogP contribution in [0.2, 0.25) is 0 Å². The predicted molar refractivity (Wildman–Crippen MR) is 194 cm³/mol. The highest BCUT2D eigenvalue weighted by Gasteiger charge is 2.19. The highest BCUT2D eigenvalue weighted by atomic mass is 16.3. The van der Waals surface area contributed by atoms with E-state index >= 15 is 0 Å². The largest absolute Gasteiger partial charge is 0.456 e. The smallest absolute Gasteiger partial charge is 0.136 e. The molecule has 8 aromatic carbocycles. The molecule has 0 aliphatic rings. The number of nitrogens with zero attached hydrogens (tertiary/aromatic N) is 1. The summed E-state index contributed by atoms with van der Waals surface area (Å²) < 4.78 is 6.41. The van der Waals surface area contributed by atoms with E-state index < -0.39 is 0 Å². The Labute approximate surface area is 267 Å². The van der Waals surface area contributed by atoms with Gasteiger partial charge in [0, 0.05) is 27.5 Å². The monoisotopic (exact) mass is 587 g/mol. The first-order chi connectivity index (χ1) is 22.8. The minimum atomic E-state index is 0.895. The molecule has 9 aromatic rings. The number of benzene rings is 8. The van der Waals surface area contributed by atoms with E-state index in [9.17, 15) is 0 Å². The summed E-state index contributed by atoms with van der Waals surface area (Å²) in [5.41, 5.74) is 9.92. The number of para-hydroxylation sites is 2. The Kier molecular flexibility index (Phi) is 6.17. The number of hydrogen-bond acceptors (Lipinski definition) is 2. The Bertz CT molecular complexity index is 2510. The number of furan rings is 1. The molecule has 0 bridgehead atoms. The lowest BCUT2D eigenvalue weighted by atomic mass is 9.96. The fraction of sp³-hybridized carbons (Fsp3) is 0. The topological polar surface area (TPSA) is 16.4 Å². The lowest BCUT2D eigenvalue weighted by molar-refractivity contribution is 0.669. The summed E-state index contributed by atoms with van der Waals surface area (Å²) >= 11 is 0. The molecule has 0 aliphatic carbocycles. The summed E-state index contributed by atoms with van der Waals surface area (Å²) in [6.07, 6.45) is 0. The quantitative estimate of drug-likeness (QED) is 0.186. The van der Waals surface area contributed by atoms with Gasteiger partial charge in [-0.3, -0.25) is 0 Å². The van der Waals surface area contributed by atoms with Crippen LogP contribution in [0, 0.1) is 0 Å². The molecule has 1 aromatic heterocycles. The van der Waals surface area contributed by atoms with Gasteiger partial charge in [-0.05, 0) is 93.0 Å². The molecule has 0 atom stereocenters. The van der Waals surface area contributed by atoms with Gasteiger partial charge in [0.25, 0.3) is 0 Å². The molecule has 0 saturated carbocycles. The van der Waals surface area contributed by atoms with E-state index in [1.54, 1.807) is 0 Å². The van der Waals surface area contributed by atoms with Crippen LogP contribution >= 0.6 is 0 Å². The molecule has 2 nitrogen and oxygen atoms in total. The Hall–Kier alpha value is -6.12. The zero-order chi connectivity index (χ0) is 30.5. The van der Waals surface area contributed by atoms with Crippen LogP contribution < -0.4 is 4.90 Å². The average molecular weight is 588 g/mol. The third-order valence-corrected chi connectivity index (χ3v) is 9.02. The number of anilines is 3. The van der Waals surface area contributed by atoms with Crippen molar-refractivity contribution < 1.29 is 4.42 Å². The van der Waals surface area contributed by atoms with E-state index in [2.05, 4.69) is 169 Å². The number of hydrogen-bond donors (Lipinski definition) is 0. The van der Waals surface area contributed by atoms with E-state index in [1.165, 1.54) is 38.4 Å². The fourth-order valence-corrected chi connectivity index (χ4v) is 6.80. The van der Waals surface area contributed by atoms with E-state index in [4.69, 9.17) is 4.42 Å². The summed E-state index contributed by atoms with van der Waals surface area (Å²) in [4.78, 5) is 2.37. The second-order valence-corrected chi connectivity index (χ2v) is 11.8. The predicted octanol–water partition coefficient (Wildman–Crippen LogP) is 12.7. The van der Waals surface area contributed by atoms with Crippen LogP contribution in [0.4, 0.5) is 17.1 Å². The standard InChI is InChI=1S/C44H29NO/c1-3-12-30(13-4-1)32-15-11-16-33(26-32)31-22-24-36(25-23-31)45(35-17-5-2-6-18-35)42-27-34-14-7-8-19-37(34)39-28-41-38-20-9-10-21-43(38)46-44(41)29-40(39)42/h1-29H. The maximum absolute atomic E-state index is 6.41. The van der Waals surface area contributed by atoms with Crippen LogP contribution in [-0.2, 0) is 0 Å². The van der Waals surface area contributed by atoms with E-state index in [0.29, 0.717) is 0 Å². The molecular formula is C44H29NO. The van der Waals surface area contributed by atoms with Crippen molar-refractivity contribution in [3.63, 3.8) is 0 Å². The van der Waals surface area contributed by atoms with Gasteiger partial charge in [-0.25, -0.2) is 0 Å². The lowest BCUT2D eigenvalue weighted by Crippen LogP contribution is -2.10. The van der Waals surface area contributed by atoms with Gasteiger partial charge in [-0.15, -0.1) is 0 Å². The molecule has 0 saturated heterocycles. The third-order valence-electron chi connectivity index (χ3n) is 9.02. The van der Waals surface area contributed by atoms with Crippen molar-refractivity contribution in [2.24, 2.45) is 0 Å². The Morgan fingerprint density at radius 2 is 0.935 bits per heavy atom. The molecule has 2 heteroatoms. The molecule has 0 N–H and O–H groups in total. The van der Waals surface area contributed by atoms with Gasteiger partial charge < -0.3 is 9.32 Å². The van der Waals surface area contributed by atoms with Gasteiger partial charge in [-0.2, -0.15) is 0 Å². The summed E-state index contributed by atoms with van der Waals surface area (Å²) in [6, 6.07) is 62.7. The van der Waals surface area contributed by atoms with E-state index in [-0.39, 0.29) is 0 Å². The van der Waals surface area contributed by atoms with Crippen molar-refractivity contribution in [1.29, 1.82) is 0 Å². The van der Waals surface area contributed by atoms with Crippen molar-refractivity contribution in [1.82, 2.24) is 0 Å². The molecular weight excluding hydrogens is 558 g/mol. The summed E-state index contributed by atoms with van der Waals surface area (Å²) in [6.45, 7) is 0. The van der Waals surface area contributed by atoms with Crippen LogP contribution in [0.3, 0.4) is 0 Å². The summed E-state index contributed by atoms with van der Waals surface area (Å²) in [5, 5.41) is 7.07. The molecule has 0 amide bonds. The highest BCUT2D eigenvalue weighted by Crippen LogP contribution is 2.44. The van der Waals surface area contributed by atoms with Gasteiger partial charge in [0.15, 0.2) is 0 Å². The fourth-order valence-electron chi connectivity index (χ4n) is 6.80. The van der Waals surface area contributed by atoms with Crippen LogP contribution in [0.5, 0.6) is 0 Å². The van der Waals surface area contributed by atoms with Crippen LogP contribution in [-0.4, -0.2) is 0 Å². The van der Waals surface area contributed by atoms with Crippen LogP contribution in [0.25, 0.3) is 65.7 Å². The second-order valence-electron chi connectivity index (χ2n) is 11.8. The second kappa shape index (κ2) is 10.8. The van der Waals surface area contributed by atoms with Crippen molar-refractivity contribution >= 4 is 60.5 Å². The van der Waals surface area contributed by atoms with Gasteiger partial charge >= 0.3 is 0 Å². The molecule has 0 unspecified atom stereocenters. The Balaban J connectivity index is 1.24. The maximum atomic E-state index is 6.41. The minimum absolute atomic E-state index is 0.895. The zero-order valence-corrected chi connectivity index (χ0v) is 25.1. The summed E-state index contributed by atoms with van der Waals surface area (Å²) in [7, 11) is 0. The van der Waals surface area contributed by atoms with Crippen molar-refractivity contribution in [3.05, 3.63) is 176 Å². The highest BCUT2D eigenvalue weighted by molar-refractivity contribution is 6.20. The summed E-state index contributed by atoms with van der Waals surface area (Å²) in [5.74, 6) is 0. The van der Waals surface area contributed by atoms with Crippen molar-refractivity contribution in [2.75, 3.05) is 4.90 Å². The van der Waals surface area contributed by atoms with Gasteiger partial charge in [0.2, 0.25) is 0 Å². The van der Waals surface area contributed by atoms with E-state index in [1.807, 2.05) is 12.1 Å². The molecule has 46 heavy (non-hydrogen) atoms. The molecule has 0 fully saturated rings. The lowest BCUT2D eigenvalue weighted by Gasteiger charge is -2.27. The Morgan fingerprint density at radius 1 is 0.326 bits per heavy atom. The number of rotatable bonds is 5. The normalized spacial score (nSPS) is 11.5. The van der Waals surface area contributed by atoms with Gasteiger partial charge in [-0.1, -0.05) is 121 Å². The maximum Gasteiger partial charge on any atom is 0.136 e. The molecule has 0 spiro atoms. The van der Waals surface area contributed by atoms with Crippen LogP contribution in [0.15, 0.2) is 180 Å². The first-order valence-electron chi connectivity index (χ1n) is 15.7. The van der Waals surface area contributed by atoms with E-state index in [0.717, 1.165) is 44.4 Å².